The van der Waals surface area contributed by atoms with Gasteiger partial charge in [-0.05, 0) is 37.0 Å². The maximum atomic E-state index is 10.3. The Kier molecular flexibility index (Phi) is 3.21. The predicted octanol–water partition coefficient (Wildman–Crippen LogP) is 2.08. The lowest BCUT2D eigenvalue weighted by molar-refractivity contribution is -0.142. The van der Waals surface area contributed by atoms with Gasteiger partial charge in [0.15, 0.2) is 0 Å². The zero-order chi connectivity index (χ0) is 13.2. The highest BCUT2D eigenvalue weighted by Gasteiger charge is 2.26. The van der Waals surface area contributed by atoms with Crippen molar-refractivity contribution in [3.63, 3.8) is 0 Å². The first-order valence-electron chi connectivity index (χ1n) is 6.50. The van der Waals surface area contributed by atoms with Gasteiger partial charge in [0.05, 0.1) is 17.6 Å². The second kappa shape index (κ2) is 5.01. The van der Waals surface area contributed by atoms with E-state index in [-0.39, 0.29) is 6.61 Å². The van der Waals surface area contributed by atoms with E-state index in [0.717, 1.165) is 22.4 Å². The van der Waals surface area contributed by atoms with E-state index in [1.54, 1.807) is 0 Å². The number of rotatable bonds is 6. The Hall–Kier alpha value is -1.88. The zero-order valence-corrected chi connectivity index (χ0v) is 10.6. The fourth-order valence-electron chi connectivity index (χ4n) is 2.13. The predicted molar refractivity (Wildman–Crippen MR) is 70.2 cm³/mol. The summed E-state index contributed by atoms with van der Waals surface area (Å²) in [5.74, 6) is 0.780. The number of nitrogens with zero attached hydrogens (tertiary/aromatic N) is 1. The molecule has 3 rings (SSSR count). The van der Waals surface area contributed by atoms with Gasteiger partial charge in [-0.2, -0.15) is 0 Å². The molecule has 0 unspecified atom stereocenters. The molecule has 1 fully saturated rings. The van der Waals surface area contributed by atoms with Gasteiger partial charge >= 0.3 is 5.97 Å². The molecule has 0 spiro atoms. The molecule has 5 heteroatoms. The standard InChI is InChI=1S/C14H16N2O3/c17-13(18)8-19-6-5-9-1-4-11-12(7-9)16-14(15-11)10-2-3-10/h1,4,7,10H,2-3,5-6,8H2,(H,15,16)(H,17,18). The molecule has 1 heterocycles. The van der Waals surface area contributed by atoms with Crippen LogP contribution in [0.15, 0.2) is 18.2 Å². The van der Waals surface area contributed by atoms with E-state index in [1.807, 2.05) is 12.1 Å². The third kappa shape index (κ3) is 2.93. The summed E-state index contributed by atoms with van der Waals surface area (Å²) in [4.78, 5) is 18.3. The Morgan fingerprint density at radius 2 is 2.32 bits per heavy atom. The SMILES string of the molecule is O=C(O)COCCc1ccc2nc(C3CC3)[nH]c2c1. The first kappa shape index (κ1) is 12.2. The van der Waals surface area contributed by atoms with Gasteiger partial charge in [-0.3, -0.25) is 0 Å². The van der Waals surface area contributed by atoms with Crippen LogP contribution in [0.3, 0.4) is 0 Å². The molecule has 1 aromatic heterocycles. The number of imidazole rings is 1. The number of hydrogen-bond acceptors (Lipinski definition) is 3. The summed E-state index contributed by atoms with van der Waals surface area (Å²) >= 11 is 0. The molecule has 0 radical (unpaired) electrons. The molecular weight excluding hydrogens is 244 g/mol. The zero-order valence-electron chi connectivity index (χ0n) is 10.6. The quantitative estimate of drug-likeness (QED) is 0.780. The molecule has 0 saturated heterocycles. The minimum atomic E-state index is -0.932. The minimum Gasteiger partial charge on any atom is -0.480 e. The number of aromatic nitrogens is 2. The van der Waals surface area contributed by atoms with Crippen molar-refractivity contribution >= 4 is 17.0 Å². The second-order valence-electron chi connectivity index (χ2n) is 4.94. The van der Waals surface area contributed by atoms with Crippen LogP contribution in [0.25, 0.3) is 11.0 Å². The van der Waals surface area contributed by atoms with Crippen molar-refractivity contribution in [3.8, 4) is 0 Å². The molecule has 100 valence electrons. The van der Waals surface area contributed by atoms with Gasteiger partial charge in [0.1, 0.15) is 12.4 Å². The lowest BCUT2D eigenvalue weighted by atomic mass is 10.1. The third-order valence-corrected chi connectivity index (χ3v) is 3.29. The van der Waals surface area contributed by atoms with E-state index in [9.17, 15) is 4.79 Å². The Morgan fingerprint density at radius 3 is 3.05 bits per heavy atom. The van der Waals surface area contributed by atoms with Gasteiger partial charge < -0.3 is 14.8 Å². The molecule has 0 atom stereocenters. The van der Waals surface area contributed by atoms with Crippen LogP contribution in [-0.4, -0.2) is 34.3 Å². The molecule has 19 heavy (non-hydrogen) atoms. The number of carboxylic acids is 1. The minimum absolute atomic E-state index is 0.238. The smallest absolute Gasteiger partial charge is 0.329 e. The Balaban J connectivity index is 1.65. The van der Waals surface area contributed by atoms with Gasteiger partial charge in [0.25, 0.3) is 0 Å². The number of aliphatic carboxylic acids is 1. The summed E-state index contributed by atoms with van der Waals surface area (Å²) in [7, 11) is 0. The van der Waals surface area contributed by atoms with Crippen molar-refractivity contribution < 1.29 is 14.6 Å². The number of fused-ring (bicyclic) bond motifs is 1. The first-order chi connectivity index (χ1) is 9.22. The van der Waals surface area contributed by atoms with Crippen LogP contribution in [0.4, 0.5) is 0 Å². The lowest BCUT2D eigenvalue weighted by Crippen LogP contribution is -2.08. The Morgan fingerprint density at radius 1 is 1.47 bits per heavy atom. The molecule has 2 N–H and O–H groups in total. The van der Waals surface area contributed by atoms with Gasteiger partial charge in [0, 0.05) is 5.92 Å². The third-order valence-electron chi connectivity index (χ3n) is 3.29. The molecule has 1 aliphatic carbocycles. The van der Waals surface area contributed by atoms with Crippen molar-refractivity contribution in [2.24, 2.45) is 0 Å². The number of aromatic amines is 1. The van der Waals surface area contributed by atoms with Gasteiger partial charge in [-0.25, -0.2) is 9.78 Å². The fourth-order valence-corrected chi connectivity index (χ4v) is 2.13. The highest BCUT2D eigenvalue weighted by Crippen LogP contribution is 2.39. The summed E-state index contributed by atoms with van der Waals surface area (Å²) in [5.41, 5.74) is 3.18. The summed E-state index contributed by atoms with van der Waals surface area (Å²) in [6.45, 7) is 0.180. The van der Waals surface area contributed by atoms with Crippen molar-refractivity contribution in [1.29, 1.82) is 0 Å². The molecular formula is C14H16N2O3. The van der Waals surface area contributed by atoms with Crippen LogP contribution in [0, 0.1) is 0 Å². The number of H-pyrrole nitrogens is 1. The number of benzene rings is 1. The van der Waals surface area contributed by atoms with Gasteiger partial charge in [-0.15, -0.1) is 0 Å². The average molecular weight is 260 g/mol. The number of carboxylic acid groups (broad SMARTS) is 1. The van der Waals surface area contributed by atoms with Crippen molar-refractivity contribution in [3.05, 3.63) is 29.6 Å². The number of nitrogens with one attached hydrogen (secondary N) is 1. The fraction of sp³-hybridized carbons (Fsp3) is 0.429. The highest BCUT2D eigenvalue weighted by atomic mass is 16.5. The van der Waals surface area contributed by atoms with E-state index in [2.05, 4.69) is 16.0 Å². The molecule has 0 amide bonds. The first-order valence-corrected chi connectivity index (χ1v) is 6.50. The van der Waals surface area contributed by atoms with Crippen LogP contribution < -0.4 is 0 Å². The highest BCUT2D eigenvalue weighted by molar-refractivity contribution is 5.76. The maximum Gasteiger partial charge on any atom is 0.329 e. The number of hydrogen-bond donors (Lipinski definition) is 2. The summed E-state index contributed by atoms with van der Waals surface area (Å²) in [5, 5.41) is 8.47. The molecule has 1 aliphatic rings. The lowest BCUT2D eigenvalue weighted by Gasteiger charge is -2.01. The molecule has 1 saturated carbocycles. The Labute approximate surface area is 110 Å². The van der Waals surface area contributed by atoms with Gasteiger partial charge in [0.2, 0.25) is 0 Å². The van der Waals surface area contributed by atoms with E-state index in [4.69, 9.17) is 9.84 Å². The van der Waals surface area contributed by atoms with Crippen LogP contribution in [0.2, 0.25) is 0 Å². The average Bonchev–Trinajstić information content (AvgIpc) is 3.14. The van der Waals surface area contributed by atoms with Crippen LogP contribution in [0.5, 0.6) is 0 Å². The van der Waals surface area contributed by atoms with Crippen molar-refractivity contribution in [2.75, 3.05) is 13.2 Å². The molecule has 5 nitrogen and oxygen atoms in total. The molecule has 2 aromatic rings. The van der Waals surface area contributed by atoms with Crippen LogP contribution in [0.1, 0.15) is 30.1 Å². The summed E-state index contributed by atoms with van der Waals surface area (Å²) in [6, 6.07) is 6.09. The normalized spacial score (nSPS) is 14.9. The number of carbonyl (C=O) groups is 1. The number of ether oxygens (including phenoxy) is 1. The van der Waals surface area contributed by atoms with E-state index >= 15 is 0 Å². The van der Waals surface area contributed by atoms with E-state index in [0.29, 0.717) is 18.9 Å². The molecule has 1 aromatic carbocycles. The topological polar surface area (TPSA) is 75.2 Å². The van der Waals surface area contributed by atoms with Crippen LogP contribution >= 0.6 is 0 Å². The monoisotopic (exact) mass is 260 g/mol. The van der Waals surface area contributed by atoms with E-state index < -0.39 is 5.97 Å². The van der Waals surface area contributed by atoms with Crippen LogP contribution in [-0.2, 0) is 16.0 Å². The molecule has 0 aliphatic heterocycles. The largest absolute Gasteiger partial charge is 0.480 e. The van der Waals surface area contributed by atoms with E-state index in [1.165, 1.54) is 12.8 Å². The van der Waals surface area contributed by atoms with Gasteiger partial charge in [-0.1, -0.05) is 6.07 Å². The Bertz CT molecular complexity index is 602. The molecule has 0 bridgehead atoms. The summed E-state index contributed by atoms with van der Waals surface area (Å²) in [6.07, 6.45) is 3.17. The maximum absolute atomic E-state index is 10.3. The summed E-state index contributed by atoms with van der Waals surface area (Å²) < 4.78 is 5.04. The second-order valence-corrected chi connectivity index (χ2v) is 4.94. The van der Waals surface area contributed by atoms with Crippen molar-refractivity contribution in [1.82, 2.24) is 9.97 Å². The van der Waals surface area contributed by atoms with Crippen molar-refractivity contribution in [2.45, 2.75) is 25.2 Å².